The number of benzene rings is 2. The monoisotopic (exact) mass is 221 g/mol. The van der Waals surface area contributed by atoms with E-state index in [2.05, 4.69) is 54.9 Å². The topological polar surface area (TPSA) is 15.8 Å². The molecule has 0 atom stereocenters. The molecule has 0 bridgehead atoms. The van der Waals surface area contributed by atoms with Crippen molar-refractivity contribution in [3.63, 3.8) is 0 Å². The lowest BCUT2D eigenvalue weighted by molar-refractivity contribution is 1.15. The molecule has 0 aliphatic heterocycles. The maximum atomic E-state index is 3.91. The molecular weight excluding hydrogens is 206 g/mol. The van der Waals surface area contributed by atoms with E-state index in [0.717, 1.165) is 6.42 Å². The fourth-order valence-electron chi connectivity index (χ4n) is 2.50. The van der Waals surface area contributed by atoms with E-state index in [1.54, 1.807) is 0 Å². The molecule has 0 saturated heterocycles. The molecule has 0 unspecified atom stereocenters. The Bertz CT molecular complexity index is 704. The fourth-order valence-corrected chi connectivity index (χ4v) is 2.50. The third kappa shape index (κ3) is 1.39. The van der Waals surface area contributed by atoms with Crippen LogP contribution >= 0.6 is 0 Å². The predicted octanol–water partition coefficient (Wildman–Crippen LogP) is 4.53. The van der Waals surface area contributed by atoms with Gasteiger partial charge in [-0.05, 0) is 23.6 Å². The Morgan fingerprint density at radius 3 is 2.76 bits per heavy atom. The van der Waals surface area contributed by atoms with Crippen LogP contribution < -0.4 is 0 Å². The summed E-state index contributed by atoms with van der Waals surface area (Å²) >= 11 is 0. The summed E-state index contributed by atoms with van der Waals surface area (Å²) in [4.78, 5) is 3.52. The lowest BCUT2D eigenvalue weighted by Gasteiger charge is -2.03. The van der Waals surface area contributed by atoms with E-state index in [0.29, 0.717) is 0 Å². The summed E-state index contributed by atoms with van der Waals surface area (Å²) in [6.07, 6.45) is 2.97. The zero-order valence-electron chi connectivity index (χ0n) is 9.96. The van der Waals surface area contributed by atoms with Crippen LogP contribution in [0.15, 0.2) is 43.0 Å². The number of aryl methyl sites for hydroxylation is 1. The summed E-state index contributed by atoms with van der Waals surface area (Å²) in [5.41, 5.74) is 5.02. The van der Waals surface area contributed by atoms with Crippen molar-refractivity contribution in [2.75, 3.05) is 0 Å². The van der Waals surface area contributed by atoms with Crippen LogP contribution in [-0.4, -0.2) is 4.98 Å². The standard InChI is InChI=1S/C16H15N/c1-3-11-9-10-12(4-2)16-15(11)13-7-5-6-8-14(13)17-16/h3,5-10,17H,1,4H2,2H3. The van der Waals surface area contributed by atoms with Crippen LogP contribution in [-0.2, 0) is 6.42 Å². The molecule has 0 fully saturated rings. The number of H-pyrrole nitrogens is 1. The molecule has 0 amide bonds. The molecule has 3 aromatic rings. The van der Waals surface area contributed by atoms with Crippen LogP contribution in [0.25, 0.3) is 27.9 Å². The highest BCUT2D eigenvalue weighted by atomic mass is 14.7. The maximum absolute atomic E-state index is 3.91. The Morgan fingerprint density at radius 1 is 1.18 bits per heavy atom. The minimum Gasteiger partial charge on any atom is -0.354 e. The Balaban J connectivity index is 2.57. The van der Waals surface area contributed by atoms with Crippen molar-refractivity contribution in [1.82, 2.24) is 4.98 Å². The first-order valence-corrected chi connectivity index (χ1v) is 6.00. The van der Waals surface area contributed by atoms with Gasteiger partial charge in [-0.1, -0.05) is 49.9 Å². The van der Waals surface area contributed by atoms with Gasteiger partial charge in [-0.15, -0.1) is 0 Å². The molecule has 1 heterocycles. The molecule has 2 aromatic carbocycles. The van der Waals surface area contributed by atoms with E-state index in [9.17, 15) is 0 Å². The summed E-state index contributed by atoms with van der Waals surface area (Å²) in [5, 5.41) is 2.59. The second kappa shape index (κ2) is 3.77. The average molecular weight is 221 g/mol. The maximum Gasteiger partial charge on any atom is 0.0503 e. The molecule has 0 spiro atoms. The van der Waals surface area contributed by atoms with E-state index in [1.165, 1.54) is 32.9 Å². The molecule has 84 valence electrons. The van der Waals surface area contributed by atoms with E-state index < -0.39 is 0 Å². The highest BCUT2D eigenvalue weighted by Gasteiger charge is 2.09. The van der Waals surface area contributed by atoms with Gasteiger partial charge in [-0.3, -0.25) is 0 Å². The first-order valence-electron chi connectivity index (χ1n) is 6.00. The molecule has 0 radical (unpaired) electrons. The number of rotatable bonds is 2. The van der Waals surface area contributed by atoms with Gasteiger partial charge in [0.05, 0.1) is 5.52 Å². The molecule has 1 aromatic heterocycles. The van der Waals surface area contributed by atoms with Crippen LogP contribution in [0.4, 0.5) is 0 Å². The SMILES string of the molecule is C=Cc1ccc(CC)c2[nH]c3ccccc3c12. The highest BCUT2D eigenvalue weighted by Crippen LogP contribution is 2.31. The van der Waals surface area contributed by atoms with Gasteiger partial charge in [-0.25, -0.2) is 0 Å². The Kier molecular flexibility index (Phi) is 2.25. The normalized spacial score (nSPS) is 11.1. The largest absolute Gasteiger partial charge is 0.354 e. The number of fused-ring (bicyclic) bond motifs is 3. The van der Waals surface area contributed by atoms with Crippen molar-refractivity contribution in [3.05, 3.63) is 54.1 Å². The minimum atomic E-state index is 1.04. The fraction of sp³-hybridized carbons (Fsp3) is 0.125. The zero-order valence-corrected chi connectivity index (χ0v) is 9.96. The second-order valence-corrected chi connectivity index (χ2v) is 4.29. The van der Waals surface area contributed by atoms with Crippen molar-refractivity contribution in [3.8, 4) is 0 Å². The van der Waals surface area contributed by atoms with Gasteiger partial charge in [0.25, 0.3) is 0 Å². The van der Waals surface area contributed by atoms with Crippen molar-refractivity contribution in [2.24, 2.45) is 0 Å². The zero-order chi connectivity index (χ0) is 11.8. The molecule has 0 aliphatic rings. The van der Waals surface area contributed by atoms with E-state index >= 15 is 0 Å². The van der Waals surface area contributed by atoms with Crippen molar-refractivity contribution >= 4 is 27.9 Å². The van der Waals surface area contributed by atoms with Crippen molar-refractivity contribution < 1.29 is 0 Å². The highest BCUT2D eigenvalue weighted by molar-refractivity contribution is 6.11. The number of hydrogen-bond donors (Lipinski definition) is 1. The third-order valence-electron chi connectivity index (χ3n) is 3.38. The molecule has 0 saturated carbocycles. The van der Waals surface area contributed by atoms with Crippen LogP contribution in [0.2, 0.25) is 0 Å². The number of aromatic nitrogens is 1. The summed E-state index contributed by atoms with van der Waals surface area (Å²) in [6, 6.07) is 12.8. The molecule has 0 aliphatic carbocycles. The predicted molar refractivity (Wildman–Crippen MR) is 75.3 cm³/mol. The van der Waals surface area contributed by atoms with Gasteiger partial charge in [0.15, 0.2) is 0 Å². The Morgan fingerprint density at radius 2 is 2.00 bits per heavy atom. The van der Waals surface area contributed by atoms with Gasteiger partial charge in [0.2, 0.25) is 0 Å². The number of para-hydroxylation sites is 1. The molecule has 17 heavy (non-hydrogen) atoms. The first kappa shape index (κ1) is 10.2. The molecule has 1 nitrogen and oxygen atoms in total. The summed E-state index contributed by atoms with van der Waals surface area (Å²) < 4.78 is 0. The van der Waals surface area contributed by atoms with E-state index in [1.807, 2.05) is 6.08 Å². The summed E-state index contributed by atoms with van der Waals surface area (Å²) in [6.45, 7) is 6.10. The number of aromatic amines is 1. The van der Waals surface area contributed by atoms with E-state index in [-0.39, 0.29) is 0 Å². The lowest BCUT2D eigenvalue weighted by atomic mass is 10.0. The van der Waals surface area contributed by atoms with Gasteiger partial charge in [0.1, 0.15) is 0 Å². The Hall–Kier alpha value is -2.02. The van der Waals surface area contributed by atoms with Crippen LogP contribution in [0.3, 0.4) is 0 Å². The van der Waals surface area contributed by atoms with Crippen LogP contribution in [0.5, 0.6) is 0 Å². The molecular formula is C16H15N. The second-order valence-electron chi connectivity index (χ2n) is 4.29. The van der Waals surface area contributed by atoms with Gasteiger partial charge < -0.3 is 4.98 Å². The average Bonchev–Trinajstić information content (AvgIpc) is 2.77. The molecule has 1 N–H and O–H groups in total. The first-order chi connectivity index (χ1) is 8.35. The van der Waals surface area contributed by atoms with Crippen molar-refractivity contribution in [2.45, 2.75) is 13.3 Å². The van der Waals surface area contributed by atoms with Crippen molar-refractivity contribution in [1.29, 1.82) is 0 Å². The van der Waals surface area contributed by atoms with Gasteiger partial charge in [-0.2, -0.15) is 0 Å². The quantitative estimate of drug-likeness (QED) is 0.654. The van der Waals surface area contributed by atoms with Gasteiger partial charge >= 0.3 is 0 Å². The smallest absolute Gasteiger partial charge is 0.0503 e. The lowest BCUT2D eigenvalue weighted by Crippen LogP contribution is -1.84. The minimum absolute atomic E-state index is 1.04. The third-order valence-corrected chi connectivity index (χ3v) is 3.38. The van der Waals surface area contributed by atoms with E-state index in [4.69, 9.17) is 0 Å². The summed E-state index contributed by atoms with van der Waals surface area (Å²) in [7, 11) is 0. The number of nitrogens with one attached hydrogen (secondary N) is 1. The van der Waals surface area contributed by atoms with Crippen LogP contribution in [0, 0.1) is 0 Å². The molecule has 1 heteroatoms. The summed E-state index contributed by atoms with van der Waals surface area (Å²) in [5.74, 6) is 0. The van der Waals surface area contributed by atoms with Crippen LogP contribution in [0.1, 0.15) is 18.1 Å². The number of hydrogen-bond acceptors (Lipinski definition) is 0. The Labute approximate surface area is 101 Å². The van der Waals surface area contributed by atoms with Gasteiger partial charge in [0, 0.05) is 16.3 Å². The molecule has 3 rings (SSSR count).